The normalized spacial score (nSPS) is 10.6. The molecule has 2 radical (unpaired) electrons. The van der Waals surface area contributed by atoms with Crippen LogP contribution in [-0.2, 0) is 9.63 Å². The van der Waals surface area contributed by atoms with E-state index in [1.54, 1.807) is 0 Å². The Kier molecular flexibility index (Phi) is 6.14. The molecule has 0 fully saturated rings. The van der Waals surface area contributed by atoms with E-state index in [0.29, 0.717) is 13.2 Å². The molecule has 0 rings (SSSR count). The Morgan fingerprint density at radius 3 is 2.92 bits per heavy atom. The predicted octanol–water partition coefficient (Wildman–Crippen LogP) is -0.113. The second-order valence-electron chi connectivity index (χ2n) is 2.53. The minimum absolute atomic E-state index is 0.00279. The molecule has 0 aromatic carbocycles. The summed E-state index contributed by atoms with van der Waals surface area (Å²) < 4.78 is 0. The molecule has 12 heavy (non-hydrogen) atoms. The molecule has 4 nitrogen and oxygen atoms in total. The van der Waals surface area contributed by atoms with Crippen LogP contribution in [0.3, 0.4) is 0 Å². The van der Waals surface area contributed by atoms with Crippen LogP contribution < -0.4 is 5.32 Å². The summed E-state index contributed by atoms with van der Waals surface area (Å²) in [5.74, 6) is 0.0123. The summed E-state index contributed by atoms with van der Waals surface area (Å²) >= 11 is 0. The summed E-state index contributed by atoms with van der Waals surface area (Å²) in [6, 6.07) is 0. The van der Waals surface area contributed by atoms with E-state index in [0.717, 1.165) is 6.11 Å². The highest BCUT2D eigenvalue weighted by atomic mass is 16.6. The zero-order valence-corrected chi connectivity index (χ0v) is 7.41. The van der Waals surface area contributed by atoms with Crippen LogP contribution >= 0.6 is 0 Å². The van der Waals surface area contributed by atoms with E-state index in [9.17, 15) is 4.79 Å². The van der Waals surface area contributed by atoms with Crippen molar-refractivity contribution >= 4 is 19.9 Å². The third kappa shape index (κ3) is 5.76. The predicted molar refractivity (Wildman–Crippen MR) is 48.0 cm³/mol. The highest BCUT2D eigenvalue weighted by molar-refractivity contribution is 6.49. The van der Waals surface area contributed by atoms with Gasteiger partial charge in [-0.3, -0.25) is 4.79 Å². The summed E-state index contributed by atoms with van der Waals surface area (Å²) in [5, 5.41) is 5.98. The van der Waals surface area contributed by atoms with Crippen LogP contribution in [0, 0.1) is 5.92 Å². The zero-order valence-electron chi connectivity index (χ0n) is 7.41. The second-order valence-corrected chi connectivity index (χ2v) is 2.53. The molecule has 0 saturated carbocycles. The molecule has 0 aromatic rings. The van der Waals surface area contributed by atoms with Gasteiger partial charge in [0, 0.05) is 5.92 Å². The topological polar surface area (TPSA) is 50.7 Å². The van der Waals surface area contributed by atoms with Crippen LogP contribution in [0.15, 0.2) is 5.16 Å². The summed E-state index contributed by atoms with van der Waals surface area (Å²) in [4.78, 5) is 15.6. The molecule has 0 aliphatic rings. The van der Waals surface area contributed by atoms with Crippen molar-refractivity contribution in [1.82, 2.24) is 5.32 Å². The van der Waals surface area contributed by atoms with Crippen molar-refractivity contribution in [3.63, 3.8) is 0 Å². The van der Waals surface area contributed by atoms with Gasteiger partial charge in [-0.1, -0.05) is 13.8 Å². The number of hydrogen-bond donors (Lipinski definition) is 1. The molecule has 0 unspecified atom stereocenters. The number of nitrogens with zero attached hydrogens (tertiary/aromatic N) is 1. The van der Waals surface area contributed by atoms with Gasteiger partial charge in [0.05, 0.1) is 6.54 Å². The summed E-state index contributed by atoms with van der Waals surface area (Å²) in [6.45, 7) is 4.45. The minimum Gasteiger partial charge on any atom is -0.395 e. The Balaban J connectivity index is 3.26. The fraction of sp³-hybridized carbons (Fsp3) is 0.714. The number of rotatable bonds is 5. The summed E-state index contributed by atoms with van der Waals surface area (Å²) in [6.07, 6.45) is 1.06. The molecule has 0 aliphatic carbocycles. The molecule has 0 bridgehead atoms. The van der Waals surface area contributed by atoms with Crippen molar-refractivity contribution in [1.29, 1.82) is 0 Å². The van der Waals surface area contributed by atoms with Gasteiger partial charge in [-0.25, -0.2) is 0 Å². The Morgan fingerprint density at radius 1 is 1.75 bits per heavy atom. The number of carbonyl (C=O) groups is 1. The molecule has 5 heteroatoms. The second kappa shape index (κ2) is 6.70. The zero-order chi connectivity index (χ0) is 9.40. The lowest BCUT2D eigenvalue weighted by Crippen LogP contribution is -2.30. The first-order chi connectivity index (χ1) is 5.68. The fourth-order valence-electron chi connectivity index (χ4n) is 0.520. The first-order valence-electron chi connectivity index (χ1n) is 3.81. The molecule has 0 aromatic heterocycles. The molecular formula is C7H13BN2O2. The number of amides is 1. The van der Waals surface area contributed by atoms with Gasteiger partial charge in [0.1, 0.15) is 14.5 Å². The van der Waals surface area contributed by atoms with E-state index >= 15 is 0 Å². The Hall–Kier alpha value is -0.995. The third-order valence-corrected chi connectivity index (χ3v) is 1.15. The maximum Gasteiger partial charge on any atom is 0.222 e. The Labute approximate surface area is 73.8 Å². The maximum atomic E-state index is 10.9. The summed E-state index contributed by atoms with van der Waals surface area (Å²) in [5.41, 5.74) is 0. The van der Waals surface area contributed by atoms with E-state index in [1.165, 1.54) is 0 Å². The van der Waals surface area contributed by atoms with Crippen LogP contribution in [0.1, 0.15) is 13.8 Å². The molecule has 1 N–H and O–H groups in total. The summed E-state index contributed by atoms with van der Waals surface area (Å²) in [7, 11) is 4.91. The van der Waals surface area contributed by atoms with E-state index in [-0.39, 0.29) is 11.8 Å². The van der Waals surface area contributed by atoms with E-state index in [1.807, 2.05) is 13.8 Å². The highest BCUT2D eigenvalue weighted by Gasteiger charge is 2.04. The van der Waals surface area contributed by atoms with Crippen LogP contribution in [0.4, 0.5) is 0 Å². The molecule has 66 valence electrons. The van der Waals surface area contributed by atoms with Gasteiger partial charge >= 0.3 is 0 Å². The van der Waals surface area contributed by atoms with E-state index in [4.69, 9.17) is 7.85 Å². The molecule has 0 aliphatic heterocycles. The van der Waals surface area contributed by atoms with Crippen LogP contribution in [0.5, 0.6) is 0 Å². The van der Waals surface area contributed by atoms with Gasteiger partial charge in [0.25, 0.3) is 0 Å². The molecule has 1 amide bonds. The maximum absolute atomic E-state index is 10.9. The van der Waals surface area contributed by atoms with Gasteiger partial charge in [0.2, 0.25) is 5.91 Å². The van der Waals surface area contributed by atoms with Crippen molar-refractivity contribution in [3.8, 4) is 0 Å². The molecule has 0 heterocycles. The SMILES string of the molecule is [B]/C=N/OCCNC(=O)C(C)C. The number of carbonyl (C=O) groups excluding carboxylic acids is 1. The van der Waals surface area contributed by atoms with Gasteiger partial charge in [-0.2, -0.15) is 0 Å². The molecular weight excluding hydrogens is 155 g/mol. The molecule has 0 spiro atoms. The van der Waals surface area contributed by atoms with Crippen molar-refractivity contribution < 1.29 is 9.63 Å². The first kappa shape index (κ1) is 11.0. The van der Waals surface area contributed by atoms with Gasteiger partial charge < -0.3 is 10.2 Å². The van der Waals surface area contributed by atoms with Crippen LogP contribution in [-0.4, -0.2) is 33.0 Å². The average molecular weight is 168 g/mol. The standard InChI is InChI=1S/C7H13BN2O2/c1-6(2)7(11)9-3-4-12-10-5-8/h5-6H,3-4H2,1-2H3,(H,9,11)/b10-5+. The van der Waals surface area contributed by atoms with Crippen molar-refractivity contribution in [3.05, 3.63) is 0 Å². The van der Waals surface area contributed by atoms with Crippen LogP contribution in [0.2, 0.25) is 0 Å². The van der Waals surface area contributed by atoms with Gasteiger partial charge in [0.15, 0.2) is 0 Å². The third-order valence-electron chi connectivity index (χ3n) is 1.15. The minimum atomic E-state index is 0.00279. The van der Waals surface area contributed by atoms with Crippen molar-refractivity contribution in [2.75, 3.05) is 13.2 Å². The fourth-order valence-corrected chi connectivity index (χ4v) is 0.520. The number of oxime groups is 1. The van der Waals surface area contributed by atoms with Gasteiger partial charge in [-0.15, -0.1) is 5.16 Å². The smallest absolute Gasteiger partial charge is 0.222 e. The lowest BCUT2D eigenvalue weighted by atomic mass is 10.2. The van der Waals surface area contributed by atoms with E-state index in [2.05, 4.69) is 15.3 Å². The Morgan fingerprint density at radius 2 is 2.42 bits per heavy atom. The molecule has 0 atom stereocenters. The monoisotopic (exact) mass is 168 g/mol. The first-order valence-corrected chi connectivity index (χ1v) is 3.81. The highest BCUT2D eigenvalue weighted by Crippen LogP contribution is 1.89. The van der Waals surface area contributed by atoms with E-state index < -0.39 is 0 Å². The lowest BCUT2D eigenvalue weighted by molar-refractivity contribution is -0.124. The quantitative estimate of drug-likeness (QED) is 0.269. The lowest BCUT2D eigenvalue weighted by Gasteiger charge is -2.05. The van der Waals surface area contributed by atoms with Gasteiger partial charge in [-0.05, 0) is 6.11 Å². The van der Waals surface area contributed by atoms with Crippen molar-refractivity contribution in [2.45, 2.75) is 13.8 Å². The number of hydrogen-bond acceptors (Lipinski definition) is 3. The Bertz CT molecular complexity index is 159. The average Bonchev–Trinajstić information content (AvgIpc) is 2.03. The molecule has 0 saturated heterocycles. The number of nitrogens with one attached hydrogen (secondary N) is 1. The largest absolute Gasteiger partial charge is 0.395 e. The van der Waals surface area contributed by atoms with Crippen LogP contribution in [0.25, 0.3) is 0 Å². The van der Waals surface area contributed by atoms with Crippen molar-refractivity contribution in [2.24, 2.45) is 11.1 Å².